The molecule has 0 aliphatic heterocycles. The second kappa shape index (κ2) is 5.20. The van der Waals surface area contributed by atoms with E-state index >= 15 is 0 Å². The summed E-state index contributed by atoms with van der Waals surface area (Å²) < 4.78 is 8.43. The molecule has 0 amide bonds. The number of halogens is 1. The van der Waals surface area contributed by atoms with Gasteiger partial charge in [0.25, 0.3) is 0 Å². The number of aromatic nitrogens is 4. The van der Waals surface area contributed by atoms with Crippen LogP contribution in [0, 0.1) is 3.83 Å². The van der Waals surface area contributed by atoms with Gasteiger partial charge in [-0.25, -0.2) is 4.68 Å². The molecule has 15 heavy (non-hydrogen) atoms. The first kappa shape index (κ1) is 11.3. The lowest BCUT2D eigenvalue weighted by Gasteiger charge is -2.28. The highest BCUT2D eigenvalue weighted by molar-refractivity contribution is 14.1. The summed E-state index contributed by atoms with van der Waals surface area (Å²) in [5.41, 5.74) is 0. The molecule has 6 heteroatoms. The SMILES string of the molecule is CCOC1CCC(n2nnnc2I)CC1. The molecule has 0 unspecified atom stereocenters. The first-order valence-corrected chi connectivity index (χ1v) is 6.44. The topological polar surface area (TPSA) is 52.8 Å². The van der Waals surface area contributed by atoms with E-state index in [1.54, 1.807) is 0 Å². The Morgan fingerprint density at radius 2 is 2.13 bits per heavy atom. The predicted octanol–water partition coefficient (Wildman–Crippen LogP) is 1.80. The first-order chi connectivity index (χ1) is 7.31. The van der Waals surface area contributed by atoms with Crippen molar-refractivity contribution < 1.29 is 4.74 Å². The fraction of sp³-hybridized carbons (Fsp3) is 0.889. The van der Waals surface area contributed by atoms with Crippen LogP contribution < -0.4 is 0 Å². The fourth-order valence-electron chi connectivity index (χ4n) is 2.10. The van der Waals surface area contributed by atoms with E-state index in [4.69, 9.17) is 4.74 Å². The normalized spacial score (nSPS) is 26.8. The van der Waals surface area contributed by atoms with Crippen molar-refractivity contribution in [2.24, 2.45) is 0 Å². The molecule has 1 fully saturated rings. The largest absolute Gasteiger partial charge is 0.379 e. The highest BCUT2D eigenvalue weighted by atomic mass is 127. The summed E-state index contributed by atoms with van der Waals surface area (Å²) in [6, 6.07) is 0.462. The minimum atomic E-state index is 0.445. The number of hydrogen-bond acceptors (Lipinski definition) is 4. The van der Waals surface area contributed by atoms with Gasteiger partial charge in [0.2, 0.25) is 3.83 Å². The van der Waals surface area contributed by atoms with Gasteiger partial charge in [-0.1, -0.05) is 0 Å². The molecule has 0 atom stereocenters. The third-order valence-electron chi connectivity index (χ3n) is 2.84. The summed E-state index contributed by atoms with van der Waals surface area (Å²) in [4.78, 5) is 0. The molecule has 0 bridgehead atoms. The summed E-state index contributed by atoms with van der Waals surface area (Å²) in [5.74, 6) is 0. The van der Waals surface area contributed by atoms with Gasteiger partial charge in [-0.2, -0.15) is 0 Å². The van der Waals surface area contributed by atoms with Gasteiger partial charge in [-0.15, -0.1) is 5.10 Å². The van der Waals surface area contributed by atoms with Crippen LogP contribution in [-0.4, -0.2) is 32.9 Å². The molecule has 1 aliphatic rings. The molecular formula is C9H15IN4O. The van der Waals surface area contributed by atoms with E-state index in [0.29, 0.717) is 12.1 Å². The van der Waals surface area contributed by atoms with Crippen LogP contribution in [-0.2, 0) is 4.74 Å². The van der Waals surface area contributed by atoms with E-state index in [1.807, 2.05) is 4.68 Å². The summed E-state index contributed by atoms with van der Waals surface area (Å²) in [7, 11) is 0. The summed E-state index contributed by atoms with van der Waals surface area (Å²) >= 11 is 2.18. The van der Waals surface area contributed by atoms with Crippen LogP contribution in [0.2, 0.25) is 0 Å². The van der Waals surface area contributed by atoms with E-state index in [9.17, 15) is 0 Å². The standard InChI is InChI=1S/C9H15IN4O/c1-2-15-8-5-3-7(4-6-8)14-9(10)11-12-13-14/h7-8H,2-6H2,1H3. The van der Waals surface area contributed by atoms with Crippen molar-refractivity contribution in [3.8, 4) is 0 Å². The highest BCUT2D eigenvalue weighted by Crippen LogP contribution is 2.29. The monoisotopic (exact) mass is 322 g/mol. The summed E-state index contributed by atoms with van der Waals surface area (Å²) in [6.45, 7) is 2.87. The van der Waals surface area contributed by atoms with Crippen molar-refractivity contribution in [2.45, 2.75) is 44.8 Å². The molecule has 0 saturated heterocycles. The maximum absolute atomic E-state index is 5.62. The Balaban J connectivity index is 1.91. The molecule has 5 nitrogen and oxygen atoms in total. The Hall–Kier alpha value is -0.240. The van der Waals surface area contributed by atoms with E-state index in [2.05, 4.69) is 45.0 Å². The molecular weight excluding hydrogens is 307 g/mol. The fourth-order valence-corrected chi connectivity index (χ4v) is 2.69. The predicted molar refractivity (Wildman–Crippen MR) is 63.5 cm³/mol. The minimum Gasteiger partial charge on any atom is -0.379 e. The van der Waals surface area contributed by atoms with E-state index in [1.165, 1.54) is 0 Å². The molecule has 0 radical (unpaired) electrons. The highest BCUT2D eigenvalue weighted by Gasteiger charge is 2.24. The summed E-state index contributed by atoms with van der Waals surface area (Å²) in [5, 5.41) is 11.6. The Kier molecular flexibility index (Phi) is 3.90. The van der Waals surface area contributed by atoms with Crippen molar-refractivity contribution in [2.75, 3.05) is 6.61 Å². The molecule has 2 rings (SSSR count). The zero-order valence-electron chi connectivity index (χ0n) is 8.77. The number of nitrogens with zero attached hydrogens (tertiary/aromatic N) is 4. The van der Waals surface area contributed by atoms with Crippen molar-refractivity contribution in [1.29, 1.82) is 0 Å². The lowest BCUT2D eigenvalue weighted by Crippen LogP contribution is -2.24. The molecule has 1 aromatic heterocycles. The van der Waals surface area contributed by atoms with Crippen LogP contribution in [0.1, 0.15) is 38.6 Å². The molecule has 1 heterocycles. The maximum Gasteiger partial charge on any atom is 0.212 e. The zero-order valence-corrected chi connectivity index (χ0v) is 10.9. The Morgan fingerprint density at radius 3 is 2.67 bits per heavy atom. The van der Waals surface area contributed by atoms with Gasteiger partial charge in [0.05, 0.1) is 12.1 Å². The number of ether oxygens (including phenoxy) is 1. The van der Waals surface area contributed by atoms with E-state index in [-0.39, 0.29) is 0 Å². The van der Waals surface area contributed by atoms with Gasteiger partial charge in [0.1, 0.15) is 0 Å². The molecule has 0 aromatic carbocycles. The molecule has 0 spiro atoms. The lowest BCUT2D eigenvalue weighted by atomic mass is 9.93. The maximum atomic E-state index is 5.62. The van der Waals surface area contributed by atoms with Crippen LogP contribution in [0.5, 0.6) is 0 Å². The van der Waals surface area contributed by atoms with Gasteiger partial charge in [0.15, 0.2) is 0 Å². The average molecular weight is 322 g/mol. The lowest BCUT2D eigenvalue weighted by molar-refractivity contribution is 0.0255. The molecule has 0 N–H and O–H groups in total. The van der Waals surface area contributed by atoms with Crippen LogP contribution in [0.15, 0.2) is 0 Å². The van der Waals surface area contributed by atoms with Gasteiger partial charge >= 0.3 is 0 Å². The van der Waals surface area contributed by atoms with Gasteiger partial charge in [0, 0.05) is 29.2 Å². The minimum absolute atomic E-state index is 0.445. The molecule has 1 aromatic rings. The van der Waals surface area contributed by atoms with E-state index < -0.39 is 0 Å². The van der Waals surface area contributed by atoms with Crippen molar-refractivity contribution in [3.63, 3.8) is 0 Å². The van der Waals surface area contributed by atoms with Crippen LogP contribution in [0.3, 0.4) is 0 Å². The van der Waals surface area contributed by atoms with E-state index in [0.717, 1.165) is 36.1 Å². The number of rotatable bonds is 3. The third kappa shape index (κ3) is 2.66. The number of hydrogen-bond donors (Lipinski definition) is 0. The quantitative estimate of drug-likeness (QED) is 0.797. The van der Waals surface area contributed by atoms with Crippen LogP contribution in [0.4, 0.5) is 0 Å². The number of tetrazole rings is 1. The molecule has 1 saturated carbocycles. The Bertz CT molecular complexity index is 309. The van der Waals surface area contributed by atoms with Crippen LogP contribution in [0.25, 0.3) is 0 Å². The molecule has 84 valence electrons. The molecule has 1 aliphatic carbocycles. The zero-order chi connectivity index (χ0) is 10.7. The summed E-state index contributed by atoms with van der Waals surface area (Å²) in [6.07, 6.45) is 4.92. The Labute approximate surface area is 103 Å². The first-order valence-electron chi connectivity index (χ1n) is 5.36. The van der Waals surface area contributed by atoms with Crippen molar-refractivity contribution in [1.82, 2.24) is 20.2 Å². The third-order valence-corrected chi connectivity index (χ3v) is 3.55. The second-order valence-electron chi connectivity index (χ2n) is 3.78. The van der Waals surface area contributed by atoms with Gasteiger partial charge in [-0.3, -0.25) is 0 Å². The van der Waals surface area contributed by atoms with Crippen LogP contribution >= 0.6 is 22.6 Å². The van der Waals surface area contributed by atoms with Gasteiger partial charge in [-0.05, 0) is 43.0 Å². The van der Waals surface area contributed by atoms with Crippen molar-refractivity contribution in [3.05, 3.63) is 3.83 Å². The van der Waals surface area contributed by atoms with Crippen molar-refractivity contribution >= 4 is 22.6 Å². The second-order valence-corrected chi connectivity index (χ2v) is 4.74. The smallest absolute Gasteiger partial charge is 0.212 e. The van der Waals surface area contributed by atoms with Gasteiger partial charge < -0.3 is 4.74 Å². The average Bonchev–Trinajstić information content (AvgIpc) is 2.66. The Morgan fingerprint density at radius 1 is 1.40 bits per heavy atom.